The molecule has 1 heterocycles. The van der Waals surface area contributed by atoms with Crippen molar-refractivity contribution in [3.63, 3.8) is 0 Å². The van der Waals surface area contributed by atoms with Crippen LogP contribution in [0.5, 0.6) is 0 Å². The molecule has 2 aromatic rings. The van der Waals surface area contributed by atoms with E-state index in [4.69, 9.17) is 0 Å². The Balaban J connectivity index is 1.32. The summed E-state index contributed by atoms with van der Waals surface area (Å²) in [6.07, 6.45) is 3.02. The standard InChI is InChI=1S/C21H22N4O4/c26-17(12-15-8-5-7-14-6-1-2-9-16(14)15)23-24-18(27)13-25-19(28)21(22-20(25)29)10-3-4-11-21/h1-2,5-9H,3-4,10-13H2,(H,22,29)(H,23,26)(H,24,27). The van der Waals surface area contributed by atoms with E-state index in [-0.39, 0.29) is 18.2 Å². The molecule has 150 valence electrons. The lowest BCUT2D eigenvalue weighted by molar-refractivity contribution is -0.135. The molecule has 1 aliphatic heterocycles. The number of nitrogens with one attached hydrogen (secondary N) is 3. The smallest absolute Gasteiger partial charge is 0.323 e. The minimum absolute atomic E-state index is 0.0911. The Hall–Kier alpha value is -3.42. The summed E-state index contributed by atoms with van der Waals surface area (Å²) in [4.78, 5) is 50.0. The van der Waals surface area contributed by atoms with Crippen LogP contribution in [-0.2, 0) is 20.8 Å². The first-order valence-electron chi connectivity index (χ1n) is 9.67. The molecular weight excluding hydrogens is 372 g/mol. The molecule has 0 atom stereocenters. The maximum absolute atomic E-state index is 12.6. The lowest BCUT2D eigenvalue weighted by Gasteiger charge is -2.19. The summed E-state index contributed by atoms with van der Waals surface area (Å²) < 4.78 is 0. The Labute approximate surface area is 167 Å². The van der Waals surface area contributed by atoms with E-state index < -0.39 is 24.0 Å². The van der Waals surface area contributed by atoms with Gasteiger partial charge in [0, 0.05) is 0 Å². The summed E-state index contributed by atoms with van der Waals surface area (Å²) in [5.74, 6) is -1.38. The van der Waals surface area contributed by atoms with Crippen molar-refractivity contribution < 1.29 is 19.2 Å². The Kier molecular flexibility index (Phi) is 4.92. The number of nitrogens with zero attached hydrogens (tertiary/aromatic N) is 1. The van der Waals surface area contributed by atoms with Gasteiger partial charge in [-0.1, -0.05) is 55.3 Å². The van der Waals surface area contributed by atoms with E-state index in [0.29, 0.717) is 12.8 Å². The van der Waals surface area contributed by atoms with Crippen molar-refractivity contribution in [1.29, 1.82) is 0 Å². The molecule has 4 rings (SSSR count). The largest absolute Gasteiger partial charge is 0.325 e. The molecule has 2 aliphatic rings. The highest BCUT2D eigenvalue weighted by Gasteiger charge is 2.52. The second-order valence-electron chi connectivity index (χ2n) is 7.52. The van der Waals surface area contributed by atoms with Crippen LogP contribution in [-0.4, -0.2) is 40.7 Å². The first-order chi connectivity index (χ1) is 14.0. The molecule has 0 bridgehead atoms. The van der Waals surface area contributed by atoms with Crippen LogP contribution >= 0.6 is 0 Å². The Bertz CT molecular complexity index is 992. The highest BCUT2D eigenvalue weighted by Crippen LogP contribution is 2.34. The Morgan fingerprint density at radius 1 is 0.966 bits per heavy atom. The van der Waals surface area contributed by atoms with Crippen molar-refractivity contribution in [1.82, 2.24) is 21.1 Å². The lowest BCUT2D eigenvalue weighted by Crippen LogP contribution is -2.49. The topological polar surface area (TPSA) is 108 Å². The summed E-state index contributed by atoms with van der Waals surface area (Å²) in [6, 6.07) is 12.9. The summed E-state index contributed by atoms with van der Waals surface area (Å²) in [5.41, 5.74) is 4.63. The van der Waals surface area contributed by atoms with E-state index >= 15 is 0 Å². The normalized spacial score (nSPS) is 17.6. The first-order valence-corrected chi connectivity index (χ1v) is 9.67. The molecule has 1 saturated heterocycles. The van der Waals surface area contributed by atoms with Crippen molar-refractivity contribution >= 4 is 34.5 Å². The molecule has 2 fully saturated rings. The second kappa shape index (κ2) is 7.54. The van der Waals surface area contributed by atoms with Gasteiger partial charge in [-0.15, -0.1) is 0 Å². The van der Waals surface area contributed by atoms with Gasteiger partial charge in [0.1, 0.15) is 12.1 Å². The van der Waals surface area contributed by atoms with Crippen LogP contribution in [0, 0.1) is 0 Å². The van der Waals surface area contributed by atoms with Crippen LogP contribution in [0.25, 0.3) is 10.8 Å². The van der Waals surface area contributed by atoms with E-state index in [9.17, 15) is 19.2 Å². The third kappa shape index (κ3) is 3.65. The van der Waals surface area contributed by atoms with Crippen molar-refractivity contribution in [2.75, 3.05) is 6.54 Å². The summed E-state index contributed by atoms with van der Waals surface area (Å²) in [6.45, 7) is -0.430. The summed E-state index contributed by atoms with van der Waals surface area (Å²) >= 11 is 0. The third-order valence-corrected chi connectivity index (χ3v) is 5.58. The van der Waals surface area contributed by atoms with Gasteiger partial charge in [0.05, 0.1) is 6.42 Å². The van der Waals surface area contributed by atoms with Gasteiger partial charge in [-0.05, 0) is 29.2 Å². The van der Waals surface area contributed by atoms with Crippen LogP contribution in [0.2, 0.25) is 0 Å². The number of amides is 5. The zero-order valence-corrected chi connectivity index (χ0v) is 15.9. The zero-order valence-electron chi connectivity index (χ0n) is 15.9. The molecular formula is C21H22N4O4. The van der Waals surface area contributed by atoms with Crippen LogP contribution in [0.1, 0.15) is 31.2 Å². The fourth-order valence-corrected chi connectivity index (χ4v) is 4.12. The predicted octanol–water partition coefficient (Wildman–Crippen LogP) is 1.39. The molecule has 3 N–H and O–H groups in total. The van der Waals surface area contributed by atoms with Gasteiger partial charge < -0.3 is 5.32 Å². The maximum Gasteiger partial charge on any atom is 0.325 e. The van der Waals surface area contributed by atoms with Crippen LogP contribution in [0.3, 0.4) is 0 Å². The van der Waals surface area contributed by atoms with Gasteiger partial charge in [-0.3, -0.25) is 30.1 Å². The molecule has 1 aliphatic carbocycles. The number of carbonyl (C=O) groups is 4. The number of hydrogen-bond acceptors (Lipinski definition) is 4. The van der Waals surface area contributed by atoms with E-state index in [1.165, 1.54) is 0 Å². The molecule has 0 unspecified atom stereocenters. The van der Waals surface area contributed by atoms with Crippen molar-refractivity contribution in [2.24, 2.45) is 0 Å². The van der Waals surface area contributed by atoms with E-state index in [1.807, 2.05) is 42.5 Å². The zero-order chi connectivity index (χ0) is 20.4. The molecule has 8 heteroatoms. The van der Waals surface area contributed by atoms with Crippen LogP contribution < -0.4 is 16.2 Å². The lowest BCUT2D eigenvalue weighted by atomic mass is 9.98. The Morgan fingerprint density at radius 3 is 2.45 bits per heavy atom. The highest BCUT2D eigenvalue weighted by atomic mass is 16.2. The monoisotopic (exact) mass is 394 g/mol. The molecule has 8 nitrogen and oxygen atoms in total. The van der Waals surface area contributed by atoms with Crippen molar-refractivity contribution in [3.8, 4) is 0 Å². The fourth-order valence-electron chi connectivity index (χ4n) is 4.12. The average Bonchev–Trinajstić information content (AvgIpc) is 3.27. The van der Waals surface area contributed by atoms with Crippen LogP contribution in [0.4, 0.5) is 4.79 Å². The minimum Gasteiger partial charge on any atom is -0.323 e. The molecule has 1 saturated carbocycles. The summed E-state index contributed by atoms with van der Waals surface area (Å²) in [5, 5.41) is 4.72. The number of urea groups is 1. The Morgan fingerprint density at radius 2 is 1.66 bits per heavy atom. The molecule has 0 aromatic heterocycles. The number of benzene rings is 2. The number of hydrazine groups is 1. The first kappa shape index (κ1) is 18.9. The predicted molar refractivity (Wildman–Crippen MR) is 105 cm³/mol. The van der Waals surface area contributed by atoms with Gasteiger partial charge in [0.2, 0.25) is 5.91 Å². The second-order valence-corrected chi connectivity index (χ2v) is 7.52. The van der Waals surface area contributed by atoms with Gasteiger partial charge in [-0.2, -0.15) is 0 Å². The molecule has 5 amide bonds. The molecule has 0 radical (unpaired) electrons. The summed E-state index contributed by atoms with van der Waals surface area (Å²) in [7, 11) is 0. The number of rotatable bonds is 4. The molecule has 2 aromatic carbocycles. The minimum atomic E-state index is -0.852. The van der Waals surface area contributed by atoms with Gasteiger partial charge in [-0.25, -0.2) is 4.79 Å². The number of carbonyl (C=O) groups excluding carboxylic acids is 4. The number of imide groups is 1. The quantitative estimate of drug-likeness (QED) is 0.538. The third-order valence-electron chi connectivity index (χ3n) is 5.58. The van der Waals surface area contributed by atoms with E-state index in [0.717, 1.165) is 34.1 Å². The molecule has 1 spiro atoms. The van der Waals surface area contributed by atoms with Crippen LogP contribution in [0.15, 0.2) is 42.5 Å². The fraction of sp³-hybridized carbons (Fsp3) is 0.333. The maximum atomic E-state index is 12.6. The number of fused-ring (bicyclic) bond motifs is 1. The van der Waals surface area contributed by atoms with Gasteiger partial charge >= 0.3 is 6.03 Å². The van der Waals surface area contributed by atoms with E-state index in [2.05, 4.69) is 16.2 Å². The highest BCUT2D eigenvalue weighted by molar-refractivity contribution is 6.09. The van der Waals surface area contributed by atoms with Crippen molar-refractivity contribution in [2.45, 2.75) is 37.6 Å². The SMILES string of the molecule is O=C(Cc1cccc2ccccc12)NNC(=O)CN1C(=O)NC2(CCCC2)C1=O. The van der Waals surface area contributed by atoms with Crippen molar-refractivity contribution in [3.05, 3.63) is 48.0 Å². The average molecular weight is 394 g/mol. The van der Waals surface area contributed by atoms with E-state index in [1.54, 1.807) is 0 Å². The molecule has 29 heavy (non-hydrogen) atoms. The number of hydrogen-bond donors (Lipinski definition) is 3. The van der Waals surface area contributed by atoms with Gasteiger partial charge in [0.15, 0.2) is 0 Å². The van der Waals surface area contributed by atoms with Gasteiger partial charge in [0.25, 0.3) is 11.8 Å².